The molecule has 1 aliphatic carbocycles. The smallest absolute Gasteiger partial charge is 0.342 e. The van der Waals surface area contributed by atoms with Crippen molar-refractivity contribution in [2.45, 2.75) is 31.3 Å². The zero-order chi connectivity index (χ0) is 25.9. The Morgan fingerprint density at radius 2 is 2.00 bits per heavy atom. The van der Waals surface area contributed by atoms with Crippen LogP contribution >= 0.6 is 0 Å². The number of amides is 3. The monoisotopic (exact) mass is 507 g/mol. The molecule has 5 rings (SSSR count). The summed E-state index contributed by atoms with van der Waals surface area (Å²) in [6.45, 7) is -0.207. The maximum absolute atomic E-state index is 13.4. The van der Waals surface area contributed by atoms with Gasteiger partial charge in [0, 0.05) is 31.8 Å². The number of fused-ring (bicyclic) bond motifs is 1. The van der Waals surface area contributed by atoms with Gasteiger partial charge in [-0.2, -0.15) is 9.78 Å². The van der Waals surface area contributed by atoms with E-state index in [1.54, 1.807) is 37.4 Å². The number of aromatic nitrogens is 2. The van der Waals surface area contributed by atoms with E-state index >= 15 is 0 Å². The molecule has 1 saturated carbocycles. The number of anilines is 1. The van der Waals surface area contributed by atoms with Gasteiger partial charge in [-0.3, -0.25) is 9.59 Å². The van der Waals surface area contributed by atoms with Gasteiger partial charge < -0.3 is 25.0 Å². The number of carbonyl (C=O) groups excluding carboxylic acids is 3. The van der Waals surface area contributed by atoms with E-state index in [2.05, 4.69) is 15.7 Å². The Balaban J connectivity index is 1.21. The van der Waals surface area contributed by atoms with Crippen molar-refractivity contribution in [1.29, 1.82) is 0 Å². The van der Waals surface area contributed by atoms with Gasteiger partial charge in [-0.25, -0.2) is 9.18 Å². The van der Waals surface area contributed by atoms with E-state index in [-0.39, 0.29) is 36.9 Å². The van der Waals surface area contributed by atoms with Gasteiger partial charge in [-0.05, 0) is 48.2 Å². The third-order valence-electron chi connectivity index (χ3n) is 6.08. The van der Waals surface area contributed by atoms with Gasteiger partial charge in [0.25, 0.3) is 11.8 Å². The second-order valence-corrected chi connectivity index (χ2v) is 9.07. The van der Waals surface area contributed by atoms with Gasteiger partial charge in [0.15, 0.2) is 6.61 Å². The number of carbonyl (C=O) groups is 3. The first kappa shape index (κ1) is 24.3. The molecule has 1 aromatic heterocycles. The predicted octanol–water partition coefficient (Wildman–Crippen LogP) is 2.25. The highest BCUT2D eigenvalue weighted by atomic mass is 19.1. The number of hydrogen-bond donors (Lipinski definition) is 2. The summed E-state index contributed by atoms with van der Waals surface area (Å²) in [7, 11) is 1.57. The second kappa shape index (κ2) is 10.3. The van der Waals surface area contributed by atoms with E-state index in [1.165, 1.54) is 29.4 Å². The summed E-state index contributed by atoms with van der Waals surface area (Å²) >= 11 is 0. The average molecular weight is 508 g/mol. The summed E-state index contributed by atoms with van der Waals surface area (Å²) in [6.07, 6.45) is 5.43. The number of halogens is 1. The first-order chi connectivity index (χ1) is 17.9. The second-order valence-electron chi connectivity index (χ2n) is 9.07. The molecule has 3 amide bonds. The third-order valence-corrected chi connectivity index (χ3v) is 6.08. The summed E-state index contributed by atoms with van der Waals surface area (Å²) in [5.41, 5.74) is 1.92. The Hall–Kier alpha value is -4.41. The molecule has 0 saturated heterocycles. The number of ether oxygens (including phenoxy) is 2. The highest BCUT2D eigenvalue weighted by Crippen LogP contribution is 2.34. The molecular weight excluding hydrogens is 481 g/mol. The SMILES string of the molecule is CN1C(=O)C(NC(=O)n2cc(Cc3cccc(F)c3)cn2)COc2ccc(OCC(=O)NC3CC3)cc21. The van der Waals surface area contributed by atoms with Crippen molar-refractivity contribution in [2.75, 3.05) is 25.2 Å². The zero-order valence-electron chi connectivity index (χ0n) is 20.1. The molecule has 2 heterocycles. The van der Waals surface area contributed by atoms with E-state index in [0.717, 1.165) is 23.1 Å². The van der Waals surface area contributed by atoms with Crippen LogP contribution in [0.5, 0.6) is 11.5 Å². The number of nitrogens with zero attached hydrogens (tertiary/aromatic N) is 3. The maximum Gasteiger partial charge on any atom is 0.342 e. The molecule has 1 fully saturated rings. The zero-order valence-corrected chi connectivity index (χ0v) is 20.1. The molecular formula is C26H26FN5O5. The molecule has 1 unspecified atom stereocenters. The highest BCUT2D eigenvalue weighted by molar-refractivity contribution is 6.00. The molecule has 0 radical (unpaired) electrons. The summed E-state index contributed by atoms with van der Waals surface area (Å²) < 4.78 is 25.9. The Bertz CT molecular complexity index is 1340. The summed E-state index contributed by atoms with van der Waals surface area (Å²) in [5.74, 6) is -0.0597. The number of rotatable bonds is 7. The van der Waals surface area contributed by atoms with Crippen molar-refractivity contribution in [3.63, 3.8) is 0 Å². The minimum atomic E-state index is -0.963. The van der Waals surface area contributed by atoms with Gasteiger partial charge in [0.05, 0.1) is 11.9 Å². The van der Waals surface area contributed by atoms with Crippen LogP contribution < -0.4 is 25.0 Å². The van der Waals surface area contributed by atoms with Gasteiger partial charge in [-0.15, -0.1) is 0 Å². The molecule has 1 aliphatic heterocycles. The lowest BCUT2D eigenvalue weighted by Gasteiger charge is -2.20. The van der Waals surface area contributed by atoms with E-state index in [0.29, 0.717) is 29.2 Å². The van der Waals surface area contributed by atoms with E-state index in [1.807, 2.05) is 0 Å². The van der Waals surface area contributed by atoms with Gasteiger partial charge >= 0.3 is 6.03 Å². The maximum atomic E-state index is 13.4. The first-order valence-electron chi connectivity index (χ1n) is 11.9. The van der Waals surface area contributed by atoms with Crippen molar-refractivity contribution >= 4 is 23.5 Å². The molecule has 0 spiro atoms. The van der Waals surface area contributed by atoms with Gasteiger partial charge in [-0.1, -0.05) is 12.1 Å². The molecule has 192 valence electrons. The summed E-state index contributed by atoms with van der Waals surface area (Å²) in [6, 6.07) is 9.81. The lowest BCUT2D eigenvalue weighted by Crippen LogP contribution is -2.50. The first-order valence-corrected chi connectivity index (χ1v) is 11.9. The molecule has 3 aromatic rings. The molecule has 1 atom stereocenters. The largest absolute Gasteiger partial charge is 0.489 e. The fourth-order valence-electron chi connectivity index (χ4n) is 3.98. The lowest BCUT2D eigenvalue weighted by molar-refractivity contribution is -0.123. The van der Waals surface area contributed by atoms with E-state index < -0.39 is 12.1 Å². The van der Waals surface area contributed by atoms with Crippen LogP contribution in [0.1, 0.15) is 24.0 Å². The predicted molar refractivity (Wildman–Crippen MR) is 131 cm³/mol. The van der Waals surface area contributed by atoms with Crippen molar-refractivity contribution in [3.05, 3.63) is 71.8 Å². The minimum Gasteiger partial charge on any atom is -0.489 e. The number of hydrogen-bond acceptors (Lipinski definition) is 6. The van der Waals surface area contributed by atoms with Crippen molar-refractivity contribution in [1.82, 2.24) is 20.4 Å². The van der Waals surface area contributed by atoms with E-state index in [9.17, 15) is 18.8 Å². The highest BCUT2D eigenvalue weighted by Gasteiger charge is 2.31. The average Bonchev–Trinajstić information content (AvgIpc) is 3.59. The third kappa shape index (κ3) is 5.88. The Morgan fingerprint density at radius 3 is 2.78 bits per heavy atom. The lowest BCUT2D eigenvalue weighted by atomic mass is 10.1. The molecule has 2 N–H and O–H groups in total. The number of likely N-dealkylation sites (N-methyl/N-ethyl adjacent to an activating group) is 1. The fourth-order valence-corrected chi connectivity index (χ4v) is 3.98. The van der Waals surface area contributed by atoms with Crippen LogP contribution in [0.15, 0.2) is 54.9 Å². The quantitative estimate of drug-likeness (QED) is 0.507. The van der Waals surface area contributed by atoms with Crippen LogP contribution in [0.2, 0.25) is 0 Å². The van der Waals surface area contributed by atoms with E-state index in [4.69, 9.17) is 9.47 Å². The van der Waals surface area contributed by atoms with Crippen molar-refractivity contribution < 1.29 is 28.2 Å². The van der Waals surface area contributed by atoms with Gasteiger partial charge in [0.1, 0.15) is 30.0 Å². The van der Waals surface area contributed by atoms with Crippen LogP contribution in [0, 0.1) is 5.82 Å². The van der Waals surface area contributed by atoms with Crippen molar-refractivity contribution in [2.24, 2.45) is 0 Å². The molecule has 0 bridgehead atoms. The number of nitrogens with one attached hydrogen (secondary N) is 2. The van der Waals surface area contributed by atoms with Crippen LogP contribution in [-0.2, 0) is 16.0 Å². The van der Waals surface area contributed by atoms with Crippen LogP contribution in [0.4, 0.5) is 14.9 Å². The normalized spacial score (nSPS) is 16.9. The molecule has 11 heteroatoms. The Morgan fingerprint density at radius 1 is 1.16 bits per heavy atom. The fraction of sp³-hybridized carbons (Fsp3) is 0.308. The summed E-state index contributed by atoms with van der Waals surface area (Å²) in [5, 5.41) is 9.58. The molecule has 37 heavy (non-hydrogen) atoms. The summed E-state index contributed by atoms with van der Waals surface area (Å²) in [4.78, 5) is 39.2. The Labute approximate surface area is 212 Å². The molecule has 10 nitrogen and oxygen atoms in total. The standard InChI is InChI=1S/C26H26FN5O5/c1-31-22-11-20(36-15-24(33)29-19-5-6-19)7-8-23(22)37-14-21(25(31)34)30-26(35)32-13-17(12-28-32)9-16-3-2-4-18(27)10-16/h2-4,7-8,10-13,19,21H,5-6,9,14-15H2,1H3,(H,29,33)(H,30,35). The number of benzene rings is 2. The van der Waals surface area contributed by atoms with Crippen LogP contribution in [0.25, 0.3) is 0 Å². The van der Waals surface area contributed by atoms with Crippen LogP contribution in [-0.4, -0.2) is 60.0 Å². The molecule has 2 aromatic carbocycles. The van der Waals surface area contributed by atoms with Crippen molar-refractivity contribution in [3.8, 4) is 11.5 Å². The van der Waals surface area contributed by atoms with Gasteiger partial charge in [0.2, 0.25) is 0 Å². The topological polar surface area (TPSA) is 115 Å². The van der Waals surface area contributed by atoms with Crippen LogP contribution in [0.3, 0.4) is 0 Å². The molecule has 2 aliphatic rings. The Kier molecular flexibility index (Phi) is 6.76. The minimum absolute atomic E-state index is 0.0800.